The molecular formula is C33H33NO6. The van der Waals surface area contributed by atoms with Crippen LogP contribution in [0.5, 0.6) is 17.2 Å². The minimum absolute atomic E-state index is 0.00400. The number of rotatable bonds is 9. The van der Waals surface area contributed by atoms with Crippen LogP contribution in [0.3, 0.4) is 0 Å². The molecule has 3 aromatic carbocycles. The van der Waals surface area contributed by atoms with E-state index >= 15 is 0 Å². The van der Waals surface area contributed by atoms with E-state index in [4.69, 9.17) is 18.9 Å². The van der Waals surface area contributed by atoms with E-state index in [-0.39, 0.29) is 24.9 Å². The number of dihydropyridines is 1. The molecule has 2 aliphatic rings. The molecule has 2 atom stereocenters. The number of methoxy groups -OCH3 is 2. The van der Waals surface area contributed by atoms with Gasteiger partial charge in [-0.3, -0.25) is 4.79 Å². The summed E-state index contributed by atoms with van der Waals surface area (Å²) in [5.41, 5.74) is 4.30. The van der Waals surface area contributed by atoms with Gasteiger partial charge in [-0.15, -0.1) is 0 Å². The highest BCUT2D eigenvalue weighted by Gasteiger charge is 2.42. The molecule has 0 aromatic heterocycles. The van der Waals surface area contributed by atoms with Crippen molar-refractivity contribution >= 4 is 11.8 Å². The summed E-state index contributed by atoms with van der Waals surface area (Å²) in [6.07, 6.45) is 0.981. The Morgan fingerprint density at radius 2 is 1.57 bits per heavy atom. The van der Waals surface area contributed by atoms with Gasteiger partial charge in [0.1, 0.15) is 30.5 Å². The minimum atomic E-state index is -0.612. The lowest BCUT2D eigenvalue weighted by atomic mass is 9.71. The quantitative estimate of drug-likeness (QED) is 0.276. The molecule has 1 heterocycles. The molecule has 7 heteroatoms. The van der Waals surface area contributed by atoms with Gasteiger partial charge in [0.2, 0.25) is 0 Å². The van der Waals surface area contributed by atoms with Crippen molar-refractivity contribution in [2.75, 3.05) is 27.4 Å². The maximum absolute atomic E-state index is 13.9. The highest BCUT2D eigenvalue weighted by molar-refractivity contribution is 6.04. The number of carbonyl (C=O) groups is 2. The van der Waals surface area contributed by atoms with Crippen molar-refractivity contribution in [3.63, 3.8) is 0 Å². The molecule has 1 N–H and O–H groups in total. The number of Topliss-reactive ketones (excluding diaryl/α,β-unsaturated/α-hetero) is 1. The van der Waals surface area contributed by atoms with Crippen LogP contribution in [0.1, 0.15) is 42.7 Å². The summed E-state index contributed by atoms with van der Waals surface area (Å²) in [5, 5.41) is 3.40. The van der Waals surface area contributed by atoms with Gasteiger partial charge in [0.25, 0.3) is 0 Å². The number of hydrogen-bond donors (Lipinski definition) is 1. The van der Waals surface area contributed by atoms with E-state index in [1.54, 1.807) is 14.2 Å². The number of hydrogen-bond acceptors (Lipinski definition) is 7. The second-order valence-electron chi connectivity index (χ2n) is 9.83. The van der Waals surface area contributed by atoms with Gasteiger partial charge in [-0.1, -0.05) is 48.5 Å². The smallest absolute Gasteiger partial charge is 0.336 e. The fourth-order valence-corrected chi connectivity index (χ4v) is 5.53. The highest BCUT2D eigenvalue weighted by atomic mass is 16.6. The predicted octanol–water partition coefficient (Wildman–Crippen LogP) is 5.69. The highest BCUT2D eigenvalue weighted by Crippen LogP contribution is 2.47. The normalized spacial score (nSPS) is 18.5. The zero-order valence-electron chi connectivity index (χ0n) is 22.9. The first-order valence-corrected chi connectivity index (χ1v) is 13.4. The third kappa shape index (κ3) is 5.59. The average molecular weight is 540 g/mol. The van der Waals surface area contributed by atoms with Crippen LogP contribution in [-0.4, -0.2) is 39.2 Å². The van der Waals surface area contributed by atoms with Gasteiger partial charge in [-0.05, 0) is 55.2 Å². The zero-order chi connectivity index (χ0) is 28.1. The van der Waals surface area contributed by atoms with Crippen LogP contribution in [0.15, 0.2) is 101 Å². The predicted molar refractivity (Wildman–Crippen MR) is 151 cm³/mol. The monoisotopic (exact) mass is 539 g/mol. The van der Waals surface area contributed by atoms with E-state index in [0.717, 1.165) is 22.6 Å². The van der Waals surface area contributed by atoms with Crippen molar-refractivity contribution in [1.82, 2.24) is 5.32 Å². The van der Waals surface area contributed by atoms with Crippen LogP contribution in [0, 0.1) is 0 Å². The Morgan fingerprint density at radius 3 is 2.30 bits per heavy atom. The third-order valence-corrected chi connectivity index (χ3v) is 7.41. The van der Waals surface area contributed by atoms with Crippen LogP contribution in [0.4, 0.5) is 0 Å². The lowest BCUT2D eigenvalue weighted by molar-refractivity contribution is -0.140. The van der Waals surface area contributed by atoms with Gasteiger partial charge in [0.05, 0.1) is 25.7 Å². The summed E-state index contributed by atoms with van der Waals surface area (Å²) in [5.74, 6) is 0.989. The summed E-state index contributed by atoms with van der Waals surface area (Å²) >= 11 is 0. The Morgan fingerprint density at radius 1 is 0.850 bits per heavy atom. The van der Waals surface area contributed by atoms with E-state index in [1.807, 2.05) is 85.8 Å². The number of nitrogens with one attached hydrogen (secondary N) is 1. The van der Waals surface area contributed by atoms with Crippen LogP contribution < -0.4 is 19.5 Å². The Hall–Kier alpha value is -4.52. The summed E-state index contributed by atoms with van der Waals surface area (Å²) in [7, 11) is 3.22. The van der Waals surface area contributed by atoms with E-state index in [2.05, 4.69) is 5.32 Å². The Balaban J connectivity index is 1.44. The second-order valence-corrected chi connectivity index (χ2v) is 9.83. The molecule has 5 rings (SSSR count). The third-order valence-electron chi connectivity index (χ3n) is 7.41. The van der Waals surface area contributed by atoms with E-state index in [0.29, 0.717) is 41.2 Å². The van der Waals surface area contributed by atoms with Gasteiger partial charge < -0.3 is 24.3 Å². The second kappa shape index (κ2) is 12.1. The maximum Gasteiger partial charge on any atom is 0.336 e. The summed E-state index contributed by atoms with van der Waals surface area (Å²) in [6.45, 7) is 2.14. The fourth-order valence-electron chi connectivity index (χ4n) is 5.53. The molecule has 1 aliphatic carbocycles. The van der Waals surface area contributed by atoms with Crippen LogP contribution in [0.2, 0.25) is 0 Å². The minimum Gasteiger partial charge on any atom is -0.497 e. The Bertz CT molecular complexity index is 1440. The number of allylic oxidation sites excluding steroid dienone is 3. The molecule has 0 amide bonds. The van der Waals surface area contributed by atoms with Gasteiger partial charge in [0, 0.05) is 29.0 Å². The topological polar surface area (TPSA) is 83.1 Å². The molecule has 0 spiro atoms. The molecule has 1 aliphatic heterocycles. The number of esters is 1. The van der Waals surface area contributed by atoms with E-state index in [1.165, 1.54) is 0 Å². The summed E-state index contributed by atoms with van der Waals surface area (Å²) in [6, 6.07) is 24.7. The van der Waals surface area contributed by atoms with Gasteiger partial charge >= 0.3 is 5.97 Å². The molecule has 0 saturated carbocycles. The maximum atomic E-state index is 13.9. The van der Waals surface area contributed by atoms with Crippen LogP contribution >= 0.6 is 0 Å². The Labute approximate surface area is 234 Å². The van der Waals surface area contributed by atoms with Crippen LogP contribution in [0.25, 0.3) is 0 Å². The fraction of sp³-hybridized carbons (Fsp3) is 0.273. The first-order valence-electron chi connectivity index (χ1n) is 13.4. The van der Waals surface area contributed by atoms with Crippen molar-refractivity contribution in [1.29, 1.82) is 0 Å². The first kappa shape index (κ1) is 27.1. The lowest BCUT2D eigenvalue weighted by Crippen LogP contribution is -2.36. The number of ketones is 1. The Kier molecular flexibility index (Phi) is 8.20. The van der Waals surface area contributed by atoms with Crippen molar-refractivity contribution < 1.29 is 28.5 Å². The van der Waals surface area contributed by atoms with Gasteiger partial charge in [0.15, 0.2) is 5.78 Å². The molecule has 0 bridgehead atoms. The SMILES string of the molecule is COc1ccc([C@H]2CC(=O)C3=C(C2)NC(C)=C(C(=O)OCCOc2ccccc2)[C@@H]3c2ccccc2OC)cc1. The molecule has 0 unspecified atom stereocenters. The largest absolute Gasteiger partial charge is 0.497 e. The first-order chi connectivity index (χ1) is 19.5. The van der Waals surface area contributed by atoms with E-state index in [9.17, 15) is 9.59 Å². The standard InChI is InChI=1S/C33H33NO6/c1-21-30(33(36)40-18-17-39-25-9-5-4-6-10-25)31(26-11-7-8-12-29(26)38-3)32-27(34-21)19-23(20-28(32)35)22-13-15-24(37-2)16-14-22/h4-16,23,31,34H,17-20H2,1-3H3/t23-,31+/m1/s1. The molecular weight excluding hydrogens is 506 g/mol. The lowest BCUT2D eigenvalue weighted by Gasteiger charge is -2.37. The van der Waals surface area contributed by atoms with E-state index < -0.39 is 11.9 Å². The van der Waals surface area contributed by atoms with Gasteiger partial charge in [-0.25, -0.2) is 4.79 Å². The number of carbonyl (C=O) groups excluding carboxylic acids is 2. The zero-order valence-corrected chi connectivity index (χ0v) is 22.9. The molecule has 0 saturated heterocycles. The van der Waals surface area contributed by atoms with Crippen molar-refractivity contribution in [3.05, 3.63) is 113 Å². The molecule has 7 nitrogen and oxygen atoms in total. The number of para-hydroxylation sites is 2. The molecule has 0 radical (unpaired) electrons. The molecule has 40 heavy (non-hydrogen) atoms. The average Bonchev–Trinajstić information content (AvgIpc) is 2.99. The summed E-state index contributed by atoms with van der Waals surface area (Å²) in [4.78, 5) is 27.4. The molecule has 0 fully saturated rings. The number of benzene rings is 3. The van der Waals surface area contributed by atoms with Crippen LogP contribution in [-0.2, 0) is 14.3 Å². The van der Waals surface area contributed by atoms with Crippen molar-refractivity contribution in [3.8, 4) is 17.2 Å². The summed E-state index contributed by atoms with van der Waals surface area (Å²) < 4.78 is 22.3. The molecule has 206 valence electrons. The van der Waals surface area contributed by atoms with Crippen molar-refractivity contribution in [2.45, 2.75) is 31.6 Å². The number of ether oxygens (including phenoxy) is 4. The van der Waals surface area contributed by atoms with Crippen molar-refractivity contribution in [2.24, 2.45) is 0 Å². The van der Waals surface area contributed by atoms with Gasteiger partial charge in [-0.2, -0.15) is 0 Å². The molecule has 3 aromatic rings.